The second kappa shape index (κ2) is 4.84. The third-order valence-corrected chi connectivity index (χ3v) is 3.33. The third kappa shape index (κ3) is 2.84. The summed E-state index contributed by atoms with van der Waals surface area (Å²) in [5, 5.41) is 3.03. The first-order valence-electron chi connectivity index (χ1n) is 5.89. The number of rotatable bonds is 1. The lowest BCUT2D eigenvalue weighted by Gasteiger charge is -2.31. The Labute approximate surface area is 91.0 Å². The van der Waals surface area contributed by atoms with Gasteiger partial charge in [0.25, 0.3) is 0 Å². The van der Waals surface area contributed by atoms with Gasteiger partial charge in [0.05, 0.1) is 12.6 Å². The van der Waals surface area contributed by atoms with Crippen LogP contribution >= 0.6 is 0 Å². The Morgan fingerprint density at radius 1 is 1.33 bits per heavy atom. The minimum absolute atomic E-state index is 0.0948. The van der Waals surface area contributed by atoms with E-state index in [0.29, 0.717) is 6.61 Å². The van der Waals surface area contributed by atoms with E-state index in [9.17, 15) is 4.79 Å². The highest BCUT2D eigenvalue weighted by atomic mass is 16.5. The van der Waals surface area contributed by atoms with Gasteiger partial charge in [0.1, 0.15) is 0 Å². The van der Waals surface area contributed by atoms with E-state index in [-0.39, 0.29) is 12.1 Å². The molecule has 2 rings (SSSR count). The molecule has 0 saturated carbocycles. The quantitative estimate of drug-likeness (QED) is 0.710. The fourth-order valence-corrected chi connectivity index (χ4v) is 2.13. The Hall–Kier alpha value is -0.770. The van der Waals surface area contributed by atoms with E-state index in [1.807, 2.05) is 4.90 Å². The van der Waals surface area contributed by atoms with Gasteiger partial charge in [-0.1, -0.05) is 6.92 Å². The summed E-state index contributed by atoms with van der Waals surface area (Å²) < 4.78 is 5.23. The van der Waals surface area contributed by atoms with Gasteiger partial charge in [-0.3, -0.25) is 0 Å². The summed E-state index contributed by atoms with van der Waals surface area (Å²) in [6.45, 7) is 5.51. The van der Waals surface area contributed by atoms with Gasteiger partial charge in [0.15, 0.2) is 0 Å². The maximum Gasteiger partial charge on any atom is 0.317 e. The molecule has 2 amide bonds. The maximum atomic E-state index is 11.8. The van der Waals surface area contributed by atoms with Crippen LogP contribution in [0.4, 0.5) is 4.79 Å². The van der Waals surface area contributed by atoms with Gasteiger partial charge in [0.2, 0.25) is 0 Å². The van der Waals surface area contributed by atoms with Crippen LogP contribution in [0.25, 0.3) is 0 Å². The molecule has 4 heteroatoms. The Bertz CT molecular complexity index is 219. The molecule has 0 spiro atoms. The first-order chi connectivity index (χ1) is 7.25. The van der Waals surface area contributed by atoms with Crippen molar-refractivity contribution in [2.24, 2.45) is 5.92 Å². The van der Waals surface area contributed by atoms with Crippen LogP contribution in [-0.4, -0.2) is 43.3 Å². The SMILES string of the molecule is CC1CCN(C(=O)NC2CCOC2)CC1. The van der Waals surface area contributed by atoms with Gasteiger partial charge in [-0.15, -0.1) is 0 Å². The van der Waals surface area contributed by atoms with Crippen molar-refractivity contribution in [3.05, 3.63) is 0 Å². The third-order valence-electron chi connectivity index (χ3n) is 3.33. The van der Waals surface area contributed by atoms with Crippen molar-refractivity contribution < 1.29 is 9.53 Å². The van der Waals surface area contributed by atoms with Gasteiger partial charge >= 0.3 is 6.03 Å². The molecule has 0 aliphatic carbocycles. The van der Waals surface area contributed by atoms with Crippen LogP contribution in [0, 0.1) is 5.92 Å². The summed E-state index contributed by atoms with van der Waals surface area (Å²) in [6, 6.07) is 0.328. The molecule has 1 N–H and O–H groups in total. The van der Waals surface area contributed by atoms with E-state index in [0.717, 1.165) is 44.9 Å². The van der Waals surface area contributed by atoms with Crippen LogP contribution < -0.4 is 5.32 Å². The number of ether oxygens (including phenoxy) is 1. The predicted molar refractivity (Wildman–Crippen MR) is 57.7 cm³/mol. The molecule has 2 aliphatic rings. The van der Waals surface area contributed by atoms with Gasteiger partial charge in [-0.2, -0.15) is 0 Å². The van der Waals surface area contributed by atoms with Gasteiger partial charge < -0.3 is 15.0 Å². The van der Waals surface area contributed by atoms with Gasteiger partial charge in [-0.25, -0.2) is 4.79 Å². The summed E-state index contributed by atoms with van der Waals surface area (Å²) in [7, 11) is 0. The van der Waals surface area contributed by atoms with E-state index in [4.69, 9.17) is 4.74 Å². The van der Waals surface area contributed by atoms with Crippen LogP contribution in [0.5, 0.6) is 0 Å². The maximum absolute atomic E-state index is 11.8. The first kappa shape index (κ1) is 10.7. The molecule has 0 aromatic rings. The number of urea groups is 1. The number of carbonyl (C=O) groups excluding carboxylic acids is 1. The van der Waals surface area contributed by atoms with Crippen molar-refractivity contribution in [1.82, 2.24) is 10.2 Å². The molecule has 2 saturated heterocycles. The molecule has 0 radical (unpaired) electrons. The van der Waals surface area contributed by atoms with E-state index < -0.39 is 0 Å². The highest BCUT2D eigenvalue weighted by Gasteiger charge is 2.23. The lowest BCUT2D eigenvalue weighted by Crippen LogP contribution is -2.47. The smallest absolute Gasteiger partial charge is 0.317 e. The predicted octanol–water partition coefficient (Wildman–Crippen LogP) is 1.22. The molecule has 1 atom stereocenters. The van der Waals surface area contributed by atoms with Crippen molar-refractivity contribution in [3.63, 3.8) is 0 Å². The second-order valence-electron chi connectivity index (χ2n) is 4.68. The van der Waals surface area contributed by atoms with Crippen LogP contribution in [0.1, 0.15) is 26.2 Å². The standard InChI is InChI=1S/C11H20N2O2/c1-9-2-5-13(6-3-9)11(14)12-10-4-7-15-8-10/h9-10H,2-8H2,1H3,(H,12,14). The van der Waals surface area contributed by atoms with Crippen LogP contribution in [0.3, 0.4) is 0 Å². The number of hydrogen-bond acceptors (Lipinski definition) is 2. The summed E-state index contributed by atoms with van der Waals surface area (Å²) in [6.07, 6.45) is 3.22. The summed E-state index contributed by atoms with van der Waals surface area (Å²) in [5.74, 6) is 0.767. The molecular weight excluding hydrogens is 192 g/mol. The van der Waals surface area contributed by atoms with Crippen molar-refractivity contribution in [1.29, 1.82) is 0 Å². The molecule has 1 unspecified atom stereocenters. The zero-order chi connectivity index (χ0) is 10.7. The Balaban J connectivity index is 1.75. The average Bonchev–Trinajstić information content (AvgIpc) is 2.71. The van der Waals surface area contributed by atoms with E-state index in [1.54, 1.807) is 0 Å². The van der Waals surface area contributed by atoms with Crippen LogP contribution in [0.2, 0.25) is 0 Å². The molecule has 0 aromatic heterocycles. The highest BCUT2D eigenvalue weighted by molar-refractivity contribution is 5.74. The highest BCUT2D eigenvalue weighted by Crippen LogP contribution is 2.16. The fraction of sp³-hybridized carbons (Fsp3) is 0.909. The number of piperidine rings is 1. The topological polar surface area (TPSA) is 41.6 Å². The molecule has 2 fully saturated rings. The number of nitrogens with one attached hydrogen (secondary N) is 1. The largest absolute Gasteiger partial charge is 0.379 e. The molecule has 86 valence electrons. The van der Waals surface area contributed by atoms with Crippen molar-refractivity contribution in [2.45, 2.75) is 32.2 Å². The minimum atomic E-state index is 0.0948. The Morgan fingerprint density at radius 2 is 2.07 bits per heavy atom. The van der Waals surface area contributed by atoms with Crippen molar-refractivity contribution in [3.8, 4) is 0 Å². The number of likely N-dealkylation sites (tertiary alicyclic amines) is 1. The second-order valence-corrected chi connectivity index (χ2v) is 4.68. The Kier molecular flexibility index (Phi) is 3.46. The van der Waals surface area contributed by atoms with Crippen molar-refractivity contribution >= 4 is 6.03 Å². The average molecular weight is 212 g/mol. The summed E-state index contributed by atoms with van der Waals surface area (Å²) in [4.78, 5) is 13.7. The van der Waals surface area contributed by atoms with E-state index in [1.165, 1.54) is 0 Å². The van der Waals surface area contributed by atoms with Crippen LogP contribution in [-0.2, 0) is 4.74 Å². The lowest BCUT2D eigenvalue weighted by molar-refractivity contribution is 0.163. The number of amides is 2. The van der Waals surface area contributed by atoms with Crippen LogP contribution in [0.15, 0.2) is 0 Å². The fourth-order valence-electron chi connectivity index (χ4n) is 2.13. The van der Waals surface area contributed by atoms with Gasteiger partial charge in [-0.05, 0) is 25.2 Å². The number of hydrogen-bond donors (Lipinski definition) is 1. The molecule has 2 heterocycles. The van der Waals surface area contributed by atoms with E-state index in [2.05, 4.69) is 12.2 Å². The summed E-state index contributed by atoms with van der Waals surface area (Å²) in [5.41, 5.74) is 0. The summed E-state index contributed by atoms with van der Waals surface area (Å²) >= 11 is 0. The lowest BCUT2D eigenvalue weighted by atomic mass is 10.00. The molecule has 15 heavy (non-hydrogen) atoms. The van der Waals surface area contributed by atoms with E-state index >= 15 is 0 Å². The number of carbonyl (C=O) groups is 1. The molecule has 2 aliphatic heterocycles. The number of nitrogens with zero attached hydrogens (tertiary/aromatic N) is 1. The normalized spacial score (nSPS) is 28.1. The monoisotopic (exact) mass is 212 g/mol. The minimum Gasteiger partial charge on any atom is -0.379 e. The molecule has 4 nitrogen and oxygen atoms in total. The Morgan fingerprint density at radius 3 is 2.67 bits per heavy atom. The molecule has 0 bridgehead atoms. The van der Waals surface area contributed by atoms with Crippen molar-refractivity contribution in [2.75, 3.05) is 26.3 Å². The molecule has 0 aromatic carbocycles. The molecular formula is C11H20N2O2. The first-order valence-corrected chi connectivity index (χ1v) is 5.89. The zero-order valence-electron chi connectivity index (χ0n) is 9.37. The zero-order valence-corrected chi connectivity index (χ0v) is 9.37. The van der Waals surface area contributed by atoms with Gasteiger partial charge in [0, 0.05) is 19.7 Å².